The second-order valence-corrected chi connectivity index (χ2v) is 9.18. The minimum absolute atomic E-state index is 0.103. The van der Waals surface area contributed by atoms with Crippen LogP contribution in [0.15, 0.2) is 30.3 Å². The number of carbonyl (C=O) groups excluding carboxylic acids is 4. The van der Waals surface area contributed by atoms with Gasteiger partial charge < -0.3 is 32.1 Å². The lowest BCUT2D eigenvalue weighted by molar-refractivity contribution is -0.142. The van der Waals surface area contributed by atoms with E-state index in [9.17, 15) is 29.1 Å². The Kier molecular flexibility index (Phi) is 11.3. The summed E-state index contributed by atoms with van der Waals surface area (Å²) in [7, 11) is 0. The van der Waals surface area contributed by atoms with E-state index in [1.165, 1.54) is 0 Å². The molecule has 1 heterocycles. The molecule has 1 fully saturated rings. The molecule has 5 atom stereocenters. The Balaban J connectivity index is 2.20. The number of nitrogens with one attached hydrogen (secondary N) is 4. The molecule has 7 N–H and O–H groups in total. The van der Waals surface area contributed by atoms with Crippen molar-refractivity contribution in [3.05, 3.63) is 35.9 Å². The van der Waals surface area contributed by atoms with E-state index in [1.807, 2.05) is 19.9 Å². The van der Waals surface area contributed by atoms with E-state index in [1.54, 1.807) is 24.3 Å². The van der Waals surface area contributed by atoms with E-state index >= 15 is 0 Å². The normalized spacial score (nSPS) is 18.3. The smallest absolute Gasteiger partial charge is 0.326 e. The minimum Gasteiger partial charge on any atom is -0.480 e. The molecule has 1 aliphatic rings. The summed E-state index contributed by atoms with van der Waals surface area (Å²) in [5.74, 6) is -3.73. The molecule has 0 saturated carbocycles. The van der Waals surface area contributed by atoms with Crippen LogP contribution in [-0.4, -0.2) is 65.4 Å². The fourth-order valence-electron chi connectivity index (χ4n) is 4.00. The molecule has 0 aliphatic carbocycles. The van der Waals surface area contributed by atoms with Crippen molar-refractivity contribution in [2.75, 3.05) is 6.54 Å². The van der Waals surface area contributed by atoms with Crippen molar-refractivity contribution in [1.29, 1.82) is 0 Å². The Morgan fingerprint density at radius 2 is 1.72 bits per heavy atom. The van der Waals surface area contributed by atoms with Gasteiger partial charge in [-0.2, -0.15) is 0 Å². The molecule has 0 bridgehead atoms. The van der Waals surface area contributed by atoms with Crippen LogP contribution in [0.4, 0.5) is 0 Å². The average Bonchev–Trinajstić information content (AvgIpc) is 3.39. The maximum absolute atomic E-state index is 13.3. The number of aliphatic carboxylic acids is 1. The monoisotopic (exact) mass is 503 g/mol. The van der Waals surface area contributed by atoms with Crippen LogP contribution in [0.3, 0.4) is 0 Å². The summed E-state index contributed by atoms with van der Waals surface area (Å²) in [5, 5.41) is 20.5. The van der Waals surface area contributed by atoms with Gasteiger partial charge in [0.15, 0.2) is 0 Å². The number of nitrogens with two attached hydrogens (primary N) is 1. The van der Waals surface area contributed by atoms with Gasteiger partial charge in [-0.25, -0.2) is 4.79 Å². The first kappa shape index (κ1) is 28.8. The van der Waals surface area contributed by atoms with Gasteiger partial charge in [-0.05, 0) is 37.3 Å². The van der Waals surface area contributed by atoms with E-state index in [2.05, 4.69) is 21.3 Å². The van der Waals surface area contributed by atoms with Crippen LogP contribution in [0.2, 0.25) is 0 Å². The minimum atomic E-state index is -1.35. The molecule has 1 aromatic rings. The highest BCUT2D eigenvalue weighted by Crippen LogP contribution is 2.12. The Bertz CT molecular complexity index is 919. The van der Waals surface area contributed by atoms with E-state index in [-0.39, 0.29) is 37.1 Å². The second kappa shape index (κ2) is 14.2. The first-order valence-electron chi connectivity index (χ1n) is 12.3. The molecule has 1 aromatic carbocycles. The summed E-state index contributed by atoms with van der Waals surface area (Å²) < 4.78 is 0. The van der Waals surface area contributed by atoms with Gasteiger partial charge in [-0.15, -0.1) is 0 Å². The van der Waals surface area contributed by atoms with Gasteiger partial charge >= 0.3 is 5.97 Å². The van der Waals surface area contributed by atoms with E-state index in [0.717, 1.165) is 18.5 Å². The summed E-state index contributed by atoms with van der Waals surface area (Å²) in [6, 6.07) is 5.26. The molecule has 0 aromatic heterocycles. The summed E-state index contributed by atoms with van der Waals surface area (Å²) >= 11 is 0. The zero-order valence-electron chi connectivity index (χ0n) is 20.8. The van der Waals surface area contributed by atoms with Crippen molar-refractivity contribution in [3.8, 4) is 0 Å². The SMILES string of the molecule is CCC(C)C(NC(=O)C1CCCN1)C(=O)NC(Cc1ccccc1)C(=O)NC(CCC(N)=O)C(=O)O. The van der Waals surface area contributed by atoms with Crippen molar-refractivity contribution >= 4 is 29.6 Å². The van der Waals surface area contributed by atoms with Crippen molar-refractivity contribution < 1.29 is 29.1 Å². The third-order valence-corrected chi connectivity index (χ3v) is 6.38. The van der Waals surface area contributed by atoms with Crippen LogP contribution in [0.1, 0.15) is 51.5 Å². The Morgan fingerprint density at radius 3 is 2.28 bits per heavy atom. The summed E-state index contributed by atoms with van der Waals surface area (Å²) in [6.07, 6.45) is 1.87. The Labute approximate surface area is 211 Å². The van der Waals surface area contributed by atoms with E-state index in [4.69, 9.17) is 5.73 Å². The molecule has 1 aliphatic heterocycles. The molecular formula is C25H37N5O6. The topological polar surface area (TPSA) is 180 Å². The third kappa shape index (κ3) is 8.95. The second-order valence-electron chi connectivity index (χ2n) is 9.18. The number of benzene rings is 1. The van der Waals surface area contributed by atoms with Crippen LogP contribution in [-0.2, 0) is 30.4 Å². The zero-order valence-corrected chi connectivity index (χ0v) is 20.8. The number of primary amides is 1. The number of carboxylic acids is 1. The lowest BCUT2D eigenvalue weighted by atomic mass is 9.96. The maximum atomic E-state index is 13.3. The highest BCUT2D eigenvalue weighted by molar-refractivity contribution is 5.94. The first-order valence-corrected chi connectivity index (χ1v) is 12.3. The van der Waals surface area contributed by atoms with Gasteiger partial charge in [0.2, 0.25) is 23.6 Å². The molecule has 36 heavy (non-hydrogen) atoms. The number of amides is 4. The van der Waals surface area contributed by atoms with Crippen molar-refractivity contribution in [2.24, 2.45) is 11.7 Å². The van der Waals surface area contributed by atoms with Crippen LogP contribution in [0.25, 0.3) is 0 Å². The van der Waals surface area contributed by atoms with E-state index < -0.39 is 41.8 Å². The fraction of sp³-hybridized carbons (Fsp3) is 0.560. The molecule has 4 amide bonds. The quantitative estimate of drug-likeness (QED) is 0.204. The van der Waals surface area contributed by atoms with Gasteiger partial charge in [-0.1, -0.05) is 50.6 Å². The summed E-state index contributed by atoms with van der Waals surface area (Å²) in [5.41, 5.74) is 5.87. The van der Waals surface area contributed by atoms with Gasteiger partial charge in [0.05, 0.1) is 6.04 Å². The summed E-state index contributed by atoms with van der Waals surface area (Å²) in [6.45, 7) is 4.47. The summed E-state index contributed by atoms with van der Waals surface area (Å²) in [4.78, 5) is 61.9. The highest BCUT2D eigenvalue weighted by atomic mass is 16.4. The fourth-order valence-corrected chi connectivity index (χ4v) is 4.00. The van der Waals surface area contributed by atoms with Gasteiger partial charge in [0.25, 0.3) is 0 Å². The molecular weight excluding hydrogens is 466 g/mol. The number of carboxylic acid groups (broad SMARTS) is 1. The highest BCUT2D eigenvalue weighted by Gasteiger charge is 2.33. The molecule has 5 unspecified atom stereocenters. The van der Waals surface area contributed by atoms with Crippen LogP contribution < -0.4 is 27.0 Å². The van der Waals surface area contributed by atoms with Crippen LogP contribution >= 0.6 is 0 Å². The molecule has 11 heteroatoms. The van der Waals surface area contributed by atoms with Crippen LogP contribution in [0.5, 0.6) is 0 Å². The molecule has 11 nitrogen and oxygen atoms in total. The van der Waals surface area contributed by atoms with Gasteiger partial charge in [0, 0.05) is 12.8 Å². The predicted molar refractivity (Wildman–Crippen MR) is 132 cm³/mol. The number of rotatable bonds is 14. The van der Waals surface area contributed by atoms with Gasteiger partial charge in [0.1, 0.15) is 18.1 Å². The van der Waals surface area contributed by atoms with Crippen molar-refractivity contribution in [1.82, 2.24) is 21.3 Å². The third-order valence-electron chi connectivity index (χ3n) is 6.38. The Hall–Kier alpha value is -3.47. The largest absolute Gasteiger partial charge is 0.480 e. The van der Waals surface area contributed by atoms with Crippen molar-refractivity contribution in [3.63, 3.8) is 0 Å². The molecule has 0 spiro atoms. The van der Waals surface area contributed by atoms with Gasteiger partial charge in [-0.3, -0.25) is 19.2 Å². The number of hydrogen-bond acceptors (Lipinski definition) is 6. The lowest BCUT2D eigenvalue weighted by Crippen LogP contribution is -2.59. The number of hydrogen-bond donors (Lipinski definition) is 6. The lowest BCUT2D eigenvalue weighted by Gasteiger charge is -2.28. The van der Waals surface area contributed by atoms with E-state index in [0.29, 0.717) is 12.8 Å². The molecule has 0 radical (unpaired) electrons. The first-order chi connectivity index (χ1) is 17.1. The molecule has 2 rings (SSSR count). The predicted octanol–water partition coefficient (Wildman–Crippen LogP) is -0.168. The number of carbonyl (C=O) groups is 5. The molecule has 198 valence electrons. The maximum Gasteiger partial charge on any atom is 0.326 e. The van der Waals surface area contributed by atoms with Crippen molar-refractivity contribution in [2.45, 2.75) is 76.5 Å². The Morgan fingerprint density at radius 1 is 1.06 bits per heavy atom. The zero-order chi connectivity index (χ0) is 26.7. The molecule has 1 saturated heterocycles. The standard InChI is InChI=1S/C25H37N5O6/c1-3-15(2)21(30-22(32)17-10-7-13-27-17)24(34)29-19(14-16-8-5-4-6-9-16)23(33)28-18(25(35)36)11-12-20(26)31/h4-6,8-9,15,17-19,21,27H,3,7,10-14H2,1-2H3,(H2,26,31)(H,28,33)(H,29,34)(H,30,32)(H,35,36). The van der Waals surface area contributed by atoms with Crippen LogP contribution in [0, 0.1) is 5.92 Å². The average molecular weight is 504 g/mol.